The first kappa shape index (κ1) is 17.4. The summed E-state index contributed by atoms with van der Waals surface area (Å²) in [6, 6.07) is 25.8. The molecule has 0 aliphatic carbocycles. The van der Waals surface area contributed by atoms with Crippen molar-refractivity contribution in [3.63, 3.8) is 0 Å². The van der Waals surface area contributed by atoms with Crippen molar-refractivity contribution in [2.24, 2.45) is 0 Å². The molecular formula is C25H20N2O2. The summed E-state index contributed by atoms with van der Waals surface area (Å²) in [5.74, 6) is 0.732. The van der Waals surface area contributed by atoms with Crippen molar-refractivity contribution < 1.29 is 9.32 Å². The minimum absolute atomic E-state index is 0.0375. The zero-order valence-corrected chi connectivity index (χ0v) is 15.9. The fourth-order valence-corrected chi connectivity index (χ4v) is 3.82. The Labute approximate surface area is 169 Å². The lowest BCUT2D eigenvalue weighted by Crippen LogP contribution is -2.34. The van der Waals surface area contributed by atoms with Gasteiger partial charge in [-0.3, -0.25) is 4.79 Å². The quantitative estimate of drug-likeness (QED) is 0.476. The first-order valence-electron chi connectivity index (χ1n) is 9.78. The maximum Gasteiger partial charge on any atom is 0.254 e. The van der Waals surface area contributed by atoms with Crippen molar-refractivity contribution in [1.29, 1.82) is 0 Å². The van der Waals surface area contributed by atoms with Crippen molar-refractivity contribution in [3.8, 4) is 11.3 Å². The van der Waals surface area contributed by atoms with Crippen LogP contribution in [0.25, 0.3) is 27.8 Å². The summed E-state index contributed by atoms with van der Waals surface area (Å²) in [6.07, 6.45) is 3.02. The molecule has 1 aliphatic heterocycles. The van der Waals surface area contributed by atoms with E-state index in [1.807, 2.05) is 71.6 Å². The van der Waals surface area contributed by atoms with Crippen LogP contribution in [0.1, 0.15) is 22.3 Å². The van der Waals surface area contributed by atoms with E-state index in [1.54, 1.807) is 0 Å². The summed E-state index contributed by atoms with van der Waals surface area (Å²) in [6.45, 7) is 1.34. The van der Waals surface area contributed by atoms with E-state index >= 15 is 0 Å². The number of aromatic nitrogens is 1. The van der Waals surface area contributed by atoms with Crippen molar-refractivity contribution in [1.82, 2.24) is 10.1 Å². The van der Waals surface area contributed by atoms with Crippen molar-refractivity contribution in [2.75, 3.05) is 13.1 Å². The molecule has 0 fully saturated rings. The van der Waals surface area contributed by atoms with Crippen LogP contribution >= 0.6 is 0 Å². The minimum Gasteiger partial charge on any atom is -0.355 e. The van der Waals surface area contributed by atoms with Gasteiger partial charge in [-0.25, -0.2) is 0 Å². The van der Waals surface area contributed by atoms with E-state index in [9.17, 15) is 4.79 Å². The standard InChI is InChI=1S/C25H20N2O2/c28-25(27-15-13-19(14-16-27)18-7-3-1-4-8-18)21-11-12-23-22(17-21)24(29-26-23)20-9-5-2-6-10-20/h1-13,17H,14-16H2. The van der Waals surface area contributed by atoms with Crippen molar-refractivity contribution >= 4 is 22.4 Å². The SMILES string of the molecule is O=C(c1ccc2noc(-c3ccccc3)c2c1)N1CC=C(c2ccccc2)CC1. The highest BCUT2D eigenvalue weighted by molar-refractivity contribution is 6.01. The largest absolute Gasteiger partial charge is 0.355 e. The number of hydrogen-bond donors (Lipinski definition) is 0. The van der Waals surface area contributed by atoms with Gasteiger partial charge in [-0.1, -0.05) is 71.9 Å². The van der Waals surface area contributed by atoms with Crippen molar-refractivity contribution in [3.05, 3.63) is 96.1 Å². The lowest BCUT2D eigenvalue weighted by Gasteiger charge is -2.26. The van der Waals surface area contributed by atoms with Gasteiger partial charge in [0.2, 0.25) is 0 Å². The van der Waals surface area contributed by atoms with E-state index in [1.165, 1.54) is 11.1 Å². The number of fused-ring (bicyclic) bond motifs is 1. The first-order chi connectivity index (χ1) is 14.3. The number of nitrogens with zero attached hydrogens (tertiary/aromatic N) is 2. The second-order valence-corrected chi connectivity index (χ2v) is 7.21. The van der Waals surface area contributed by atoms with E-state index in [4.69, 9.17) is 4.52 Å². The third-order valence-corrected chi connectivity index (χ3v) is 5.40. The molecule has 142 valence electrons. The summed E-state index contributed by atoms with van der Waals surface area (Å²) in [5, 5.41) is 5.00. The van der Waals surface area contributed by atoms with Crippen LogP contribution in [0.4, 0.5) is 0 Å². The molecule has 0 spiro atoms. The molecule has 4 nitrogen and oxygen atoms in total. The number of carbonyl (C=O) groups excluding carboxylic acids is 1. The Morgan fingerprint density at radius 3 is 2.31 bits per heavy atom. The Hall–Kier alpha value is -3.66. The summed E-state index contributed by atoms with van der Waals surface area (Å²) >= 11 is 0. The molecule has 1 aromatic heterocycles. The van der Waals surface area contributed by atoms with Crippen LogP contribution in [0, 0.1) is 0 Å². The van der Waals surface area contributed by atoms with E-state index in [-0.39, 0.29) is 5.91 Å². The van der Waals surface area contributed by atoms with Gasteiger partial charge in [-0.2, -0.15) is 0 Å². The van der Waals surface area contributed by atoms with Gasteiger partial charge in [0, 0.05) is 24.2 Å². The third-order valence-electron chi connectivity index (χ3n) is 5.40. The Balaban J connectivity index is 1.41. The van der Waals surface area contributed by atoms with Crippen LogP contribution in [-0.4, -0.2) is 29.1 Å². The van der Waals surface area contributed by atoms with E-state index < -0.39 is 0 Å². The fraction of sp³-hybridized carbons (Fsp3) is 0.120. The van der Waals surface area contributed by atoms with Crippen LogP contribution < -0.4 is 0 Å². The molecule has 29 heavy (non-hydrogen) atoms. The molecule has 0 unspecified atom stereocenters. The molecule has 1 amide bonds. The predicted molar refractivity (Wildman–Crippen MR) is 114 cm³/mol. The molecule has 0 bridgehead atoms. The van der Waals surface area contributed by atoms with Crippen LogP contribution in [0.5, 0.6) is 0 Å². The van der Waals surface area contributed by atoms with E-state index in [2.05, 4.69) is 23.4 Å². The molecule has 2 heterocycles. The molecule has 0 saturated heterocycles. The van der Waals surface area contributed by atoms with Crippen molar-refractivity contribution in [2.45, 2.75) is 6.42 Å². The number of benzene rings is 3. The summed E-state index contributed by atoms with van der Waals surface area (Å²) in [7, 11) is 0. The molecule has 4 heteroatoms. The summed E-state index contributed by atoms with van der Waals surface area (Å²) in [5.41, 5.74) is 4.90. The highest BCUT2D eigenvalue weighted by Crippen LogP contribution is 2.30. The Morgan fingerprint density at radius 2 is 1.62 bits per heavy atom. The highest BCUT2D eigenvalue weighted by Gasteiger charge is 2.21. The van der Waals surface area contributed by atoms with E-state index in [0.29, 0.717) is 24.4 Å². The summed E-state index contributed by atoms with van der Waals surface area (Å²) < 4.78 is 5.56. The molecule has 0 N–H and O–H groups in total. The third kappa shape index (κ3) is 3.34. The Bertz CT molecular complexity index is 1190. The van der Waals surface area contributed by atoms with Gasteiger partial charge in [0.1, 0.15) is 5.52 Å². The number of hydrogen-bond acceptors (Lipinski definition) is 3. The Kier molecular flexibility index (Phi) is 4.45. The van der Waals surface area contributed by atoms with Gasteiger partial charge in [-0.15, -0.1) is 0 Å². The lowest BCUT2D eigenvalue weighted by molar-refractivity contribution is 0.0773. The first-order valence-corrected chi connectivity index (χ1v) is 9.78. The van der Waals surface area contributed by atoms with Crippen LogP contribution in [0.2, 0.25) is 0 Å². The van der Waals surface area contributed by atoms with Gasteiger partial charge in [0.05, 0.1) is 5.39 Å². The van der Waals surface area contributed by atoms with Gasteiger partial charge < -0.3 is 9.42 Å². The predicted octanol–water partition coefficient (Wildman–Crippen LogP) is 5.42. The smallest absolute Gasteiger partial charge is 0.254 e. The van der Waals surface area contributed by atoms with Gasteiger partial charge in [0.25, 0.3) is 5.91 Å². The van der Waals surface area contributed by atoms with Gasteiger partial charge in [0.15, 0.2) is 5.76 Å². The molecular weight excluding hydrogens is 360 g/mol. The normalized spacial score (nSPS) is 14.1. The lowest BCUT2D eigenvalue weighted by atomic mass is 9.99. The molecule has 0 atom stereocenters. The minimum atomic E-state index is 0.0375. The van der Waals surface area contributed by atoms with E-state index in [0.717, 1.165) is 22.9 Å². The molecule has 4 aromatic rings. The number of amides is 1. The van der Waals surface area contributed by atoms with Crippen LogP contribution in [0.3, 0.4) is 0 Å². The maximum atomic E-state index is 13.1. The zero-order chi connectivity index (χ0) is 19.6. The second kappa shape index (κ2) is 7.40. The van der Waals surface area contributed by atoms with Crippen LogP contribution in [0.15, 0.2) is 89.5 Å². The van der Waals surface area contributed by atoms with Gasteiger partial charge in [-0.05, 0) is 35.8 Å². The topological polar surface area (TPSA) is 46.3 Å². The summed E-state index contributed by atoms with van der Waals surface area (Å²) in [4.78, 5) is 15.0. The molecule has 1 aliphatic rings. The molecule has 3 aromatic carbocycles. The fourth-order valence-electron chi connectivity index (χ4n) is 3.82. The second-order valence-electron chi connectivity index (χ2n) is 7.21. The average Bonchev–Trinajstić information content (AvgIpc) is 3.23. The monoisotopic (exact) mass is 380 g/mol. The highest BCUT2D eigenvalue weighted by atomic mass is 16.5. The van der Waals surface area contributed by atoms with Gasteiger partial charge >= 0.3 is 0 Å². The maximum absolute atomic E-state index is 13.1. The van der Waals surface area contributed by atoms with Crippen LogP contribution in [-0.2, 0) is 0 Å². The molecule has 0 radical (unpaired) electrons. The number of carbonyl (C=O) groups is 1. The number of rotatable bonds is 3. The molecule has 5 rings (SSSR count). The Morgan fingerprint density at radius 1 is 0.897 bits per heavy atom. The molecule has 0 saturated carbocycles. The average molecular weight is 380 g/mol. The zero-order valence-electron chi connectivity index (χ0n) is 15.9.